The molecule has 0 bridgehead atoms. The van der Waals surface area contributed by atoms with Crippen molar-refractivity contribution < 1.29 is 32.6 Å². The molecule has 0 saturated carbocycles. The lowest BCUT2D eigenvalue weighted by Gasteiger charge is -2.24. The third-order valence-electron chi connectivity index (χ3n) is 5.63. The highest BCUT2D eigenvalue weighted by Gasteiger charge is 2.38. The Hall–Kier alpha value is -4.12. The number of carboxylic acid groups (broad SMARTS) is 1. The molecule has 0 saturated heterocycles. The molecule has 11 heteroatoms. The van der Waals surface area contributed by atoms with Crippen molar-refractivity contribution in [3.63, 3.8) is 0 Å². The Morgan fingerprint density at radius 3 is 2.50 bits per heavy atom. The number of para-hydroxylation sites is 1. The second-order valence-corrected chi connectivity index (χ2v) is 8.20. The first-order valence-corrected chi connectivity index (χ1v) is 11.0. The van der Waals surface area contributed by atoms with Crippen LogP contribution in [-0.4, -0.2) is 55.2 Å². The molecule has 0 fully saturated rings. The fourth-order valence-electron chi connectivity index (χ4n) is 3.87. The summed E-state index contributed by atoms with van der Waals surface area (Å²) in [6.07, 6.45) is 0.406. The molecule has 4 heterocycles. The number of aliphatic carboxylic acids is 1. The molecular weight excluding hydrogens is 477 g/mol. The molecule has 2 N–H and O–H groups in total. The van der Waals surface area contributed by atoms with Crippen LogP contribution in [0.2, 0.25) is 0 Å². The standard InChI is InChI=1S/C23H22N4O2.C2HF3O2/c28-23(22-12-18-4-1-2-6-21(18)25-22)27-13-19-5-3-11-26(19)14-20(15-27)29-16-17-7-9-24-10-8-17;3-2(4,5)1(6)7/h1-12,20,25H,13-16H2;(H,6,7). The second kappa shape index (κ2) is 10.6. The fourth-order valence-corrected chi connectivity index (χ4v) is 3.87. The number of halogens is 3. The van der Waals surface area contributed by atoms with Crippen LogP contribution >= 0.6 is 0 Å². The van der Waals surface area contributed by atoms with Crippen LogP contribution in [0.3, 0.4) is 0 Å². The topological polar surface area (TPSA) is 100 Å². The molecular formula is C25H23F3N4O4. The van der Waals surface area contributed by atoms with Crippen LogP contribution in [0, 0.1) is 0 Å². The molecule has 188 valence electrons. The van der Waals surface area contributed by atoms with Gasteiger partial charge in [0.15, 0.2) is 0 Å². The van der Waals surface area contributed by atoms with Crippen molar-refractivity contribution in [1.29, 1.82) is 0 Å². The minimum absolute atomic E-state index is 0.00615. The summed E-state index contributed by atoms with van der Waals surface area (Å²) in [6, 6.07) is 17.9. The SMILES string of the molecule is O=C(O)C(F)(F)F.O=C(c1cc2ccccc2[nH]1)N1Cc2cccn2CC(OCc2ccncc2)C1. The Balaban J connectivity index is 0.000000384. The van der Waals surface area contributed by atoms with Gasteiger partial charge in [0.05, 0.1) is 25.8 Å². The summed E-state index contributed by atoms with van der Waals surface area (Å²) in [7, 11) is 0. The number of carbonyl (C=O) groups is 2. The second-order valence-electron chi connectivity index (χ2n) is 8.20. The number of aromatic amines is 1. The van der Waals surface area contributed by atoms with Gasteiger partial charge in [0.1, 0.15) is 5.69 Å². The van der Waals surface area contributed by atoms with Crippen LogP contribution in [-0.2, 0) is 29.2 Å². The van der Waals surface area contributed by atoms with E-state index in [9.17, 15) is 18.0 Å². The van der Waals surface area contributed by atoms with Crippen molar-refractivity contribution in [3.05, 3.63) is 90.1 Å². The van der Waals surface area contributed by atoms with Crippen LogP contribution in [0.15, 0.2) is 73.2 Å². The Kier molecular flexibility index (Phi) is 7.39. The molecule has 1 unspecified atom stereocenters. The number of benzene rings is 1. The summed E-state index contributed by atoms with van der Waals surface area (Å²) in [5, 5.41) is 8.17. The monoisotopic (exact) mass is 500 g/mol. The molecule has 0 radical (unpaired) electrons. The Morgan fingerprint density at radius 2 is 1.81 bits per heavy atom. The molecule has 36 heavy (non-hydrogen) atoms. The predicted octanol–water partition coefficient (Wildman–Crippen LogP) is 4.24. The molecule has 1 aliphatic heterocycles. The number of nitrogens with zero attached hydrogens (tertiary/aromatic N) is 3. The quantitative estimate of drug-likeness (QED) is 0.437. The maximum absolute atomic E-state index is 13.3. The van der Waals surface area contributed by atoms with Crippen LogP contribution in [0.4, 0.5) is 13.2 Å². The van der Waals surface area contributed by atoms with E-state index in [1.165, 1.54) is 0 Å². The van der Waals surface area contributed by atoms with Crippen LogP contribution in [0.25, 0.3) is 10.9 Å². The zero-order valence-corrected chi connectivity index (χ0v) is 19.0. The number of hydrogen-bond acceptors (Lipinski definition) is 4. The van der Waals surface area contributed by atoms with Gasteiger partial charge in [0, 0.05) is 41.7 Å². The predicted molar refractivity (Wildman–Crippen MR) is 124 cm³/mol. The van der Waals surface area contributed by atoms with E-state index >= 15 is 0 Å². The zero-order valence-electron chi connectivity index (χ0n) is 19.0. The number of alkyl halides is 3. The van der Waals surface area contributed by atoms with Gasteiger partial charge in [0.2, 0.25) is 0 Å². The van der Waals surface area contributed by atoms with Gasteiger partial charge >= 0.3 is 12.1 Å². The van der Waals surface area contributed by atoms with E-state index in [1.54, 1.807) is 12.4 Å². The first kappa shape index (κ1) is 25.0. The van der Waals surface area contributed by atoms with Gasteiger partial charge in [-0.25, -0.2) is 4.79 Å². The number of pyridine rings is 1. The molecule has 5 rings (SSSR count). The maximum atomic E-state index is 13.3. The van der Waals surface area contributed by atoms with Crippen molar-refractivity contribution >= 4 is 22.8 Å². The van der Waals surface area contributed by atoms with E-state index in [0.717, 1.165) is 28.7 Å². The summed E-state index contributed by atoms with van der Waals surface area (Å²) in [6.45, 7) is 2.33. The molecule has 0 spiro atoms. The number of amides is 1. The van der Waals surface area contributed by atoms with Gasteiger partial charge < -0.3 is 24.3 Å². The van der Waals surface area contributed by atoms with Gasteiger partial charge in [-0.1, -0.05) is 18.2 Å². The highest BCUT2D eigenvalue weighted by atomic mass is 19.4. The van der Waals surface area contributed by atoms with E-state index in [0.29, 0.717) is 25.4 Å². The smallest absolute Gasteiger partial charge is 0.475 e. The zero-order chi connectivity index (χ0) is 25.7. The highest BCUT2D eigenvalue weighted by molar-refractivity contribution is 5.98. The molecule has 8 nitrogen and oxygen atoms in total. The number of carbonyl (C=O) groups excluding carboxylic acids is 1. The summed E-state index contributed by atoms with van der Waals surface area (Å²) in [5.41, 5.74) is 3.77. The fraction of sp³-hybridized carbons (Fsp3) is 0.240. The summed E-state index contributed by atoms with van der Waals surface area (Å²) in [4.78, 5) is 31.4. The van der Waals surface area contributed by atoms with E-state index in [4.69, 9.17) is 14.6 Å². The van der Waals surface area contributed by atoms with Crippen molar-refractivity contribution in [3.8, 4) is 0 Å². The normalized spacial score (nSPS) is 15.5. The first-order chi connectivity index (χ1) is 17.2. The first-order valence-electron chi connectivity index (χ1n) is 11.0. The number of aromatic nitrogens is 3. The van der Waals surface area contributed by atoms with Gasteiger partial charge in [-0.15, -0.1) is 0 Å². The number of rotatable bonds is 4. The third-order valence-corrected chi connectivity index (χ3v) is 5.63. The van der Waals surface area contributed by atoms with E-state index in [2.05, 4.69) is 26.8 Å². The molecule has 0 aliphatic carbocycles. The number of carboxylic acids is 1. The highest BCUT2D eigenvalue weighted by Crippen LogP contribution is 2.21. The lowest BCUT2D eigenvalue weighted by atomic mass is 10.2. The van der Waals surface area contributed by atoms with Gasteiger partial charge in [0.25, 0.3) is 5.91 Å². The van der Waals surface area contributed by atoms with Gasteiger partial charge in [-0.2, -0.15) is 13.2 Å². The van der Waals surface area contributed by atoms with E-state index < -0.39 is 12.1 Å². The van der Waals surface area contributed by atoms with Crippen LogP contribution < -0.4 is 0 Å². The van der Waals surface area contributed by atoms with Crippen LogP contribution in [0.1, 0.15) is 21.7 Å². The Labute approximate surface area is 203 Å². The van der Waals surface area contributed by atoms with Crippen LogP contribution in [0.5, 0.6) is 0 Å². The van der Waals surface area contributed by atoms with Gasteiger partial charge in [-0.3, -0.25) is 9.78 Å². The molecule has 1 amide bonds. The summed E-state index contributed by atoms with van der Waals surface area (Å²) < 4.78 is 40.1. The molecule has 1 aliphatic rings. The number of nitrogens with one attached hydrogen (secondary N) is 1. The van der Waals surface area contributed by atoms with E-state index in [1.807, 2.05) is 53.4 Å². The number of hydrogen-bond donors (Lipinski definition) is 2. The third kappa shape index (κ3) is 6.11. The Bertz CT molecular complexity index is 1300. The molecule has 1 aromatic carbocycles. The summed E-state index contributed by atoms with van der Waals surface area (Å²) >= 11 is 0. The minimum atomic E-state index is -5.08. The molecule has 3 aromatic heterocycles. The lowest BCUT2D eigenvalue weighted by Crippen LogP contribution is -2.37. The minimum Gasteiger partial charge on any atom is -0.475 e. The van der Waals surface area contributed by atoms with Crippen molar-refractivity contribution in [2.75, 3.05) is 6.54 Å². The largest absolute Gasteiger partial charge is 0.490 e. The number of fused-ring (bicyclic) bond motifs is 2. The van der Waals surface area contributed by atoms with Crippen molar-refractivity contribution in [2.45, 2.75) is 32.0 Å². The van der Waals surface area contributed by atoms with Crippen molar-refractivity contribution in [1.82, 2.24) is 19.4 Å². The van der Waals surface area contributed by atoms with E-state index in [-0.39, 0.29) is 12.0 Å². The Morgan fingerprint density at radius 1 is 1.08 bits per heavy atom. The average Bonchev–Trinajstić information content (AvgIpc) is 3.45. The molecule has 4 aromatic rings. The van der Waals surface area contributed by atoms with Gasteiger partial charge in [-0.05, 0) is 42.0 Å². The molecule has 1 atom stereocenters. The number of H-pyrrole nitrogens is 1. The summed E-state index contributed by atoms with van der Waals surface area (Å²) in [5.74, 6) is -2.76. The number of ether oxygens (including phenoxy) is 1. The maximum Gasteiger partial charge on any atom is 0.490 e. The van der Waals surface area contributed by atoms with Crippen molar-refractivity contribution in [2.24, 2.45) is 0 Å². The lowest BCUT2D eigenvalue weighted by molar-refractivity contribution is -0.192. The average molecular weight is 500 g/mol.